The van der Waals surface area contributed by atoms with E-state index in [0.29, 0.717) is 43.1 Å². The average molecular weight is 445 g/mol. The van der Waals surface area contributed by atoms with Crippen molar-refractivity contribution in [1.29, 1.82) is 0 Å². The Bertz CT molecular complexity index is 938. The zero-order valence-corrected chi connectivity index (χ0v) is 19.1. The first-order valence-electron chi connectivity index (χ1n) is 10.9. The standard InChI is InChI=1S/C25H32O7/c1-15(2)10-23(28)31-9-5-6-16-11-18-19(14-26)24(32-25(18)22(12-16)30-4)17-7-8-20(27)21(13-17)29-3/h7-8,11-13,15,19,24,26-27H,5-6,9-10,14H2,1-4H3/t19-,24+/m1/s1. The minimum atomic E-state index is -0.439. The van der Waals surface area contributed by atoms with Gasteiger partial charge in [0.1, 0.15) is 6.10 Å². The number of phenolic OH excluding ortho intramolecular Hbond substituents is 1. The van der Waals surface area contributed by atoms with Crippen molar-refractivity contribution < 1.29 is 34.0 Å². The smallest absolute Gasteiger partial charge is 0.306 e. The van der Waals surface area contributed by atoms with Gasteiger partial charge < -0.3 is 29.2 Å². The van der Waals surface area contributed by atoms with Gasteiger partial charge in [0.15, 0.2) is 23.0 Å². The first kappa shape index (κ1) is 23.7. The van der Waals surface area contributed by atoms with Crippen molar-refractivity contribution in [1.82, 2.24) is 0 Å². The fourth-order valence-electron chi connectivity index (χ4n) is 3.97. The van der Waals surface area contributed by atoms with Crippen LogP contribution in [0.2, 0.25) is 0 Å². The van der Waals surface area contributed by atoms with Crippen LogP contribution in [0, 0.1) is 5.92 Å². The predicted molar refractivity (Wildman–Crippen MR) is 120 cm³/mol. The number of aliphatic hydroxyl groups is 1. The van der Waals surface area contributed by atoms with Gasteiger partial charge >= 0.3 is 5.97 Å². The third-order valence-electron chi connectivity index (χ3n) is 5.55. The van der Waals surface area contributed by atoms with E-state index >= 15 is 0 Å². The summed E-state index contributed by atoms with van der Waals surface area (Å²) in [6.07, 6.45) is 1.38. The summed E-state index contributed by atoms with van der Waals surface area (Å²) < 4.78 is 22.3. The van der Waals surface area contributed by atoms with E-state index in [1.165, 1.54) is 7.11 Å². The number of hydrogen-bond acceptors (Lipinski definition) is 7. The number of aliphatic hydroxyl groups excluding tert-OH is 1. The van der Waals surface area contributed by atoms with Gasteiger partial charge in [-0.25, -0.2) is 0 Å². The quantitative estimate of drug-likeness (QED) is 0.420. The maximum absolute atomic E-state index is 11.7. The first-order valence-corrected chi connectivity index (χ1v) is 10.9. The van der Waals surface area contributed by atoms with Crippen molar-refractivity contribution in [3.05, 3.63) is 47.0 Å². The highest BCUT2D eigenvalue weighted by atomic mass is 16.5. The van der Waals surface area contributed by atoms with E-state index in [2.05, 4.69) is 0 Å². The molecule has 2 atom stereocenters. The van der Waals surface area contributed by atoms with Crippen LogP contribution < -0.4 is 14.2 Å². The van der Waals surface area contributed by atoms with Gasteiger partial charge in [-0.05, 0) is 48.1 Å². The van der Waals surface area contributed by atoms with E-state index in [1.807, 2.05) is 26.0 Å². The molecule has 0 radical (unpaired) electrons. The lowest BCUT2D eigenvalue weighted by molar-refractivity contribution is -0.144. The highest BCUT2D eigenvalue weighted by Crippen LogP contribution is 2.51. The van der Waals surface area contributed by atoms with Gasteiger partial charge in [-0.3, -0.25) is 4.79 Å². The Morgan fingerprint density at radius 2 is 1.88 bits per heavy atom. The number of ether oxygens (including phenoxy) is 4. The number of methoxy groups -OCH3 is 2. The summed E-state index contributed by atoms with van der Waals surface area (Å²) in [6.45, 7) is 4.22. The van der Waals surface area contributed by atoms with Gasteiger partial charge in [-0.1, -0.05) is 26.0 Å². The molecule has 0 amide bonds. The van der Waals surface area contributed by atoms with Gasteiger partial charge in [-0.2, -0.15) is 0 Å². The Balaban J connectivity index is 1.76. The van der Waals surface area contributed by atoms with Crippen molar-refractivity contribution in [3.8, 4) is 23.0 Å². The topological polar surface area (TPSA) is 94.5 Å². The van der Waals surface area contributed by atoms with Crippen LogP contribution in [0.3, 0.4) is 0 Å². The van der Waals surface area contributed by atoms with Crippen LogP contribution in [-0.4, -0.2) is 43.6 Å². The van der Waals surface area contributed by atoms with Crippen molar-refractivity contribution >= 4 is 5.97 Å². The number of aromatic hydroxyl groups is 1. The summed E-state index contributed by atoms with van der Waals surface area (Å²) in [6, 6.07) is 8.97. The van der Waals surface area contributed by atoms with E-state index in [4.69, 9.17) is 18.9 Å². The number of carbonyl (C=O) groups is 1. The zero-order chi connectivity index (χ0) is 23.3. The number of rotatable bonds is 10. The molecule has 1 aliphatic rings. The lowest BCUT2D eigenvalue weighted by atomic mass is 9.90. The van der Waals surface area contributed by atoms with E-state index in [9.17, 15) is 15.0 Å². The molecule has 0 saturated carbocycles. The van der Waals surface area contributed by atoms with E-state index < -0.39 is 6.10 Å². The maximum Gasteiger partial charge on any atom is 0.306 e. The third-order valence-corrected chi connectivity index (χ3v) is 5.55. The van der Waals surface area contributed by atoms with Gasteiger partial charge in [0.05, 0.1) is 33.4 Å². The Labute approximate surface area is 188 Å². The van der Waals surface area contributed by atoms with Crippen molar-refractivity contribution in [3.63, 3.8) is 0 Å². The van der Waals surface area contributed by atoms with Gasteiger partial charge in [0.2, 0.25) is 0 Å². The van der Waals surface area contributed by atoms with E-state index in [0.717, 1.165) is 16.7 Å². The maximum atomic E-state index is 11.7. The molecule has 174 valence electrons. The SMILES string of the molecule is COc1cc([C@@H]2Oc3c(OC)cc(CCCOC(=O)CC(C)C)cc3[C@H]2CO)ccc1O. The molecule has 0 spiro atoms. The Kier molecular flexibility index (Phi) is 7.85. The summed E-state index contributed by atoms with van der Waals surface area (Å²) in [7, 11) is 3.07. The lowest BCUT2D eigenvalue weighted by Gasteiger charge is -2.18. The number of carbonyl (C=O) groups excluding carboxylic acids is 1. The molecular weight excluding hydrogens is 412 g/mol. The molecular formula is C25H32O7. The molecule has 3 rings (SSSR count). The molecule has 2 N–H and O–H groups in total. The number of phenols is 1. The highest BCUT2D eigenvalue weighted by molar-refractivity contribution is 5.69. The van der Waals surface area contributed by atoms with Crippen LogP contribution in [0.1, 0.15) is 55.4 Å². The summed E-state index contributed by atoms with van der Waals surface area (Å²) in [5.41, 5.74) is 2.68. The summed E-state index contributed by atoms with van der Waals surface area (Å²) in [4.78, 5) is 11.7. The van der Waals surface area contributed by atoms with Crippen molar-refractivity contribution in [2.45, 2.75) is 45.1 Å². The van der Waals surface area contributed by atoms with Crippen LogP contribution in [0.5, 0.6) is 23.0 Å². The Hall–Kier alpha value is -2.93. The second-order valence-electron chi connectivity index (χ2n) is 8.40. The monoisotopic (exact) mass is 444 g/mol. The first-order chi connectivity index (χ1) is 15.4. The Morgan fingerprint density at radius 3 is 2.53 bits per heavy atom. The highest BCUT2D eigenvalue weighted by Gasteiger charge is 2.38. The summed E-state index contributed by atoms with van der Waals surface area (Å²) in [5, 5.41) is 20.1. The molecule has 2 aromatic rings. The number of hydrogen-bond donors (Lipinski definition) is 2. The van der Waals surface area contributed by atoms with Crippen molar-refractivity contribution in [2.75, 3.05) is 27.4 Å². The van der Waals surface area contributed by atoms with Crippen LogP contribution in [-0.2, 0) is 16.0 Å². The van der Waals surface area contributed by atoms with Gasteiger partial charge in [0.25, 0.3) is 0 Å². The molecule has 7 heteroatoms. The zero-order valence-electron chi connectivity index (χ0n) is 19.1. The molecule has 2 aromatic carbocycles. The molecule has 0 unspecified atom stereocenters. The molecule has 7 nitrogen and oxygen atoms in total. The summed E-state index contributed by atoms with van der Waals surface area (Å²) >= 11 is 0. The normalized spacial score (nSPS) is 17.1. The number of benzene rings is 2. The largest absolute Gasteiger partial charge is 0.504 e. The van der Waals surface area contributed by atoms with Crippen LogP contribution in [0.4, 0.5) is 0 Å². The van der Waals surface area contributed by atoms with Crippen molar-refractivity contribution in [2.24, 2.45) is 5.92 Å². The minimum absolute atomic E-state index is 0.0428. The average Bonchev–Trinajstić information content (AvgIpc) is 3.14. The molecule has 0 aromatic heterocycles. The van der Waals surface area contributed by atoms with E-state index in [-0.39, 0.29) is 30.2 Å². The number of aryl methyl sites for hydroxylation is 1. The lowest BCUT2D eigenvalue weighted by Crippen LogP contribution is -2.13. The molecule has 1 aliphatic heterocycles. The second kappa shape index (κ2) is 10.6. The fourth-order valence-corrected chi connectivity index (χ4v) is 3.97. The van der Waals surface area contributed by atoms with Crippen LogP contribution in [0.15, 0.2) is 30.3 Å². The van der Waals surface area contributed by atoms with Crippen LogP contribution >= 0.6 is 0 Å². The van der Waals surface area contributed by atoms with Crippen LogP contribution in [0.25, 0.3) is 0 Å². The van der Waals surface area contributed by atoms with Gasteiger partial charge in [0, 0.05) is 12.0 Å². The fraction of sp³-hybridized carbons (Fsp3) is 0.480. The molecule has 0 aliphatic carbocycles. The third kappa shape index (κ3) is 5.27. The van der Waals surface area contributed by atoms with E-state index in [1.54, 1.807) is 25.3 Å². The second-order valence-corrected chi connectivity index (χ2v) is 8.40. The minimum Gasteiger partial charge on any atom is -0.504 e. The van der Waals surface area contributed by atoms with Gasteiger partial charge in [-0.15, -0.1) is 0 Å². The number of esters is 1. The molecule has 0 bridgehead atoms. The Morgan fingerprint density at radius 1 is 1.12 bits per heavy atom. The predicted octanol–water partition coefficient (Wildman–Crippen LogP) is 4.14. The molecule has 0 fully saturated rings. The molecule has 32 heavy (non-hydrogen) atoms. The number of fused-ring (bicyclic) bond motifs is 1. The molecule has 1 heterocycles. The summed E-state index contributed by atoms with van der Waals surface area (Å²) in [5.74, 6) is 1.40. The molecule has 0 saturated heterocycles.